The van der Waals surface area contributed by atoms with Crippen LogP contribution in [-0.2, 0) is 10.0 Å². The quantitative estimate of drug-likeness (QED) is 0.815. The van der Waals surface area contributed by atoms with Gasteiger partial charge in [0.05, 0.1) is 5.69 Å². The van der Waals surface area contributed by atoms with Gasteiger partial charge in [0, 0.05) is 17.7 Å². The monoisotopic (exact) mass is 365 g/mol. The van der Waals surface area contributed by atoms with Crippen LogP contribution in [0.15, 0.2) is 40.0 Å². The van der Waals surface area contributed by atoms with Gasteiger partial charge >= 0.3 is 0 Å². The minimum atomic E-state index is -3.97. The second-order valence-corrected chi connectivity index (χ2v) is 7.94. The van der Waals surface area contributed by atoms with Crippen molar-refractivity contribution in [2.45, 2.75) is 49.5 Å². The van der Waals surface area contributed by atoms with E-state index in [0.29, 0.717) is 11.3 Å². The van der Waals surface area contributed by atoms with E-state index in [1.54, 1.807) is 0 Å². The number of aromatic nitrogens is 2. The maximum absolute atomic E-state index is 14.2. The summed E-state index contributed by atoms with van der Waals surface area (Å²) < 4.78 is 42.1. The van der Waals surface area contributed by atoms with Crippen molar-refractivity contribution < 1.29 is 12.8 Å². The van der Waals surface area contributed by atoms with Crippen molar-refractivity contribution in [1.29, 1.82) is 0 Å². The van der Waals surface area contributed by atoms with Gasteiger partial charge in [-0.1, -0.05) is 25.7 Å². The van der Waals surface area contributed by atoms with Gasteiger partial charge in [0.2, 0.25) is 10.0 Å². The molecule has 3 rings (SSSR count). The number of halogens is 1. The van der Waals surface area contributed by atoms with E-state index in [1.807, 2.05) is 0 Å². The summed E-state index contributed by atoms with van der Waals surface area (Å²) >= 11 is 0. The molecule has 1 aliphatic carbocycles. The smallest absolute Gasteiger partial charge is 0.264 e. The van der Waals surface area contributed by atoms with Gasteiger partial charge in [0.25, 0.3) is 5.56 Å². The van der Waals surface area contributed by atoms with Crippen LogP contribution in [0.4, 0.5) is 4.39 Å². The largest absolute Gasteiger partial charge is 0.268 e. The fraction of sp³-hybridized carbons (Fsp3) is 0.412. The lowest BCUT2D eigenvalue weighted by Gasteiger charge is -2.17. The van der Waals surface area contributed by atoms with Crippen LogP contribution in [0.3, 0.4) is 0 Å². The van der Waals surface area contributed by atoms with Crippen molar-refractivity contribution in [3.05, 3.63) is 46.5 Å². The molecule has 1 aromatic carbocycles. The number of hydrogen-bond acceptors (Lipinski definition) is 4. The summed E-state index contributed by atoms with van der Waals surface area (Å²) in [6, 6.07) is 6.35. The Bertz CT molecular complexity index is 883. The SMILES string of the molecule is O=c1ccc(-c2ccc(F)c(S(=O)(=O)NC3CCCCCC3)c2)n[nH]1. The molecule has 8 heteroatoms. The number of nitrogens with zero attached hydrogens (tertiary/aromatic N) is 1. The van der Waals surface area contributed by atoms with E-state index in [4.69, 9.17) is 0 Å². The number of benzene rings is 1. The van der Waals surface area contributed by atoms with Crippen molar-refractivity contribution >= 4 is 10.0 Å². The number of rotatable bonds is 4. The van der Waals surface area contributed by atoms with Crippen molar-refractivity contribution in [1.82, 2.24) is 14.9 Å². The highest BCUT2D eigenvalue weighted by molar-refractivity contribution is 7.89. The van der Waals surface area contributed by atoms with Crippen LogP contribution >= 0.6 is 0 Å². The minimum Gasteiger partial charge on any atom is -0.268 e. The topological polar surface area (TPSA) is 91.9 Å². The van der Waals surface area contributed by atoms with Crippen molar-refractivity contribution in [3.8, 4) is 11.3 Å². The highest BCUT2D eigenvalue weighted by atomic mass is 32.2. The number of H-pyrrole nitrogens is 1. The maximum atomic E-state index is 14.2. The zero-order chi connectivity index (χ0) is 17.9. The van der Waals surface area contributed by atoms with Crippen LogP contribution in [0.5, 0.6) is 0 Å². The van der Waals surface area contributed by atoms with Gasteiger partial charge in [0.15, 0.2) is 0 Å². The molecular formula is C17H20FN3O3S. The molecule has 1 aromatic heterocycles. The van der Waals surface area contributed by atoms with E-state index in [-0.39, 0.29) is 11.6 Å². The second kappa shape index (κ2) is 7.45. The first-order valence-corrected chi connectivity index (χ1v) is 9.82. The average Bonchev–Trinajstić information content (AvgIpc) is 2.84. The van der Waals surface area contributed by atoms with Crippen LogP contribution < -0.4 is 10.3 Å². The number of nitrogens with one attached hydrogen (secondary N) is 2. The highest BCUT2D eigenvalue weighted by Crippen LogP contribution is 2.24. The predicted molar refractivity (Wildman–Crippen MR) is 92.1 cm³/mol. The number of aromatic amines is 1. The summed E-state index contributed by atoms with van der Waals surface area (Å²) in [5, 5.41) is 6.13. The lowest BCUT2D eigenvalue weighted by atomic mass is 10.1. The van der Waals surface area contributed by atoms with E-state index in [9.17, 15) is 17.6 Å². The van der Waals surface area contributed by atoms with Gasteiger partial charge in [-0.25, -0.2) is 22.6 Å². The molecule has 0 aliphatic heterocycles. The molecule has 0 saturated heterocycles. The standard InChI is InChI=1S/C17H20FN3O3S/c18-14-8-7-12(15-9-10-17(22)20-19-15)11-16(14)25(23,24)21-13-5-3-1-2-4-6-13/h7-11,13,21H,1-6H2,(H,20,22). The summed E-state index contributed by atoms with van der Waals surface area (Å²) in [4.78, 5) is 10.7. The first kappa shape index (κ1) is 17.8. The van der Waals surface area contributed by atoms with Gasteiger partial charge < -0.3 is 0 Å². The Balaban J connectivity index is 1.90. The number of sulfonamides is 1. The molecule has 6 nitrogen and oxygen atoms in total. The molecule has 1 heterocycles. The molecule has 25 heavy (non-hydrogen) atoms. The third-order valence-corrected chi connectivity index (χ3v) is 5.91. The molecule has 1 saturated carbocycles. The Hall–Kier alpha value is -2.06. The van der Waals surface area contributed by atoms with Crippen LogP contribution in [0.1, 0.15) is 38.5 Å². The molecule has 0 atom stereocenters. The summed E-state index contributed by atoms with van der Waals surface area (Å²) in [7, 11) is -3.97. The van der Waals surface area contributed by atoms with Crippen molar-refractivity contribution in [2.75, 3.05) is 0 Å². The lowest BCUT2D eigenvalue weighted by molar-refractivity contribution is 0.503. The van der Waals surface area contributed by atoms with E-state index < -0.39 is 20.7 Å². The van der Waals surface area contributed by atoms with Crippen LogP contribution in [0.2, 0.25) is 0 Å². The third kappa shape index (κ3) is 4.32. The summed E-state index contributed by atoms with van der Waals surface area (Å²) in [6.45, 7) is 0. The molecule has 134 valence electrons. The minimum absolute atomic E-state index is 0.165. The fourth-order valence-corrected chi connectivity index (χ4v) is 4.46. The zero-order valence-electron chi connectivity index (χ0n) is 13.7. The Kier molecular flexibility index (Phi) is 5.29. The summed E-state index contributed by atoms with van der Waals surface area (Å²) in [6.07, 6.45) is 5.66. The molecule has 0 amide bonds. The molecule has 1 aliphatic rings. The van der Waals surface area contributed by atoms with Gasteiger partial charge in [-0.2, -0.15) is 5.10 Å². The first-order valence-electron chi connectivity index (χ1n) is 8.34. The van der Waals surface area contributed by atoms with E-state index in [1.165, 1.54) is 24.3 Å². The Labute approximate surface area is 145 Å². The van der Waals surface area contributed by atoms with E-state index in [0.717, 1.165) is 44.6 Å². The Morgan fingerprint density at radius 1 is 1.08 bits per heavy atom. The van der Waals surface area contributed by atoms with E-state index in [2.05, 4.69) is 14.9 Å². The summed E-state index contributed by atoms with van der Waals surface area (Å²) in [5.74, 6) is -0.811. The maximum Gasteiger partial charge on any atom is 0.264 e. The van der Waals surface area contributed by atoms with Crippen LogP contribution in [-0.4, -0.2) is 24.7 Å². The fourth-order valence-electron chi connectivity index (χ4n) is 3.05. The number of hydrogen-bond donors (Lipinski definition) is 2. The molecular weight excluding hydrogens is 345 g/mol. The molecule has 2 aromatic rings. The predicted octanol–water partition coefficient (Wildman–Crippen LogP) is 2.58. The molecule has 0 radical (unpaired) electrons. The lowest BCUT2D eigenvalue weighted by Crippen LogP contribution is -2.34. The highest BCUT2D eigenvalue weighted by Gasteiger charge is 2.24. The first-order chi connectivity index (χ1) is 12.0. The second-order valence-electron chi connectivity index (χ2n) is 6.26. The van der Waals surface area contributed by atoms with Gasteiger partial charge in [-0.15, -0.1) is 0 Å². The van der Waals surface area contributed by atoms with Gasteiger partial charge in [0.1, 0.15) is 10.7 Å². The van der Waals surface area contributed by atoms with Crippen LogP contribution in [0, 0.1) is 5.82 Å². The van der Waals surface area contributed by atoms with Crippen molar-refractivity contribution in [2.24, 2.45) is 0 Å². The molecule has 2 N–H and O–H groups in total. The van der Waals surface area contributed by atoms with E-state index >= 15 is 0 Å². The third-order valence-electron chi connectivity index (χ3n) is 4.37. The molecule has 0 bridgehead atoms. The molecule has 1 fully saturated rings. The Morgan fingerprint density at radius 3 is 2.44 bits per heavy atom. The molecule has 0 unspecified atom stereocenters. The van der Waals surface area contributed by atoms with Gasteiger partial charge in [-0.3, -0.25) is 4.79 Å². The average molecular weight is 365 g/mol. The zero-order valence-corrected chi connectivity index (χ0v) is 14.5. The summed E-state index contributed by atoms with van der Waals surface area (Å²) in [5.41, 5.74) is 0.415. The normalized spacial score (nSPS) is 16.5. The van der Waals surface area contributed by atoms with Gasteiger partial charge in [-0.05, 0) is 37.1 Å². The van der Waals surface area contributed by atoms with Crippen LogP contribution in [0.25, 0.3) is 11.3 Å². The molecule has 0 spiro atoms. The Morgan fingerprint density at radius 2 is 1.80 bits per heavy atom. The van der Waals surface area contributed by atoms with Crippen molar-refractivity contribution in [3.63, 3.8) is 0 Å².